The zero-order valence-corrected chi connectivity index (χ0v) is 9.55. The largest absolute Gasteiger partial charge is 0.302 e. The van der Waals surface area contributed by atoms with Crippen LogP contribution in [0.2, 0.25) is 0 Å². The molecule has 0 spiro atoms. The summed E-state index contributed by atoms with van der Waals surface area (Å²) in [4.78, 5) is 0. The van der Waals surface area contributed by atoms with E-state index in [-0.39, 0.29) is 0 Å². The van der Waals surface area contributed by atoms with Crippen LogP contribution in [0.1, 0.15) is 5.82 Å². The van der Waals surface area contributed by atoms with Gasteiger partial charge >= 0.3 is 0 Å². The quantitative estimate of drug-likeness (QED) is 0.575. The first-order valence-electron chi connectivity index (χ1n) is 4.18. The number of thioether (sulfide) groups is 1. The van der Waals surface area contributed by atoms with Crippen LogP contribution in [0.5, 0.6) is 0 Å². The summed E-state index contributed by atoms with van der Waals surface area (Å²) >= 11 is 7.02. The summed E-state index contributed by atoms with van der Waals surface area (Å²) in [5, 5.41) is 8.96. The fourth-order valence-electron chi connectivity index (χ4n) is 0.967. The Morgan fingerprint density at radius 2 is 2.36 bits per heavy atom. The van der Waals surface area contributed by atoms with Crippen LogP contribution >= 0.6 is 23.4 Å². The maximum Gasteiger partial charge on any atom is 0.191 e. The molecule has 0 bridgehead atoms. The molecule has 76 valence electrons. The summed E-state index contributed by atoms with van der Waals surface area (Å²) < 4.78 is 2.01. The molecule has 0 saturated heterocycles. The normalized spacial score (nSPS) is 11.0. The zero-order valence-electron chi connectivity index (χ0n) is 7.98. The second-order valence-electron chi connectivity index (χ2n) is 2.60. The Morgan fingerprint density at radius 3 is 3.00 bits per heavy atom. The third-order valence-corrected chi connectivity index (χ3v) is 2.71. The molecule has 0 aliphatic rings. The molecule has 0 atom stereocenters. The first-order valence-corrected chi connectivity index (χ1v) is 5.60. The predicted octanol–water partition coefficient (Wildman–Crippen LogP) is 2.62. The fraction of sp³-hybridized carbons (Fsp3) is 0.333. The van der Waals surface area contributed by atoms with Gasteiger partial charge in [-0.25, -0.2) is 0 Å². The smallest absolute Gasteiger partial charge is 0.191 e. The van der Waals surface area contributed by atoms with Crippen LogP contribution < -0.4 is 0 Å². The van der Waals surface area contributed by atoms with Crippen molar-refractivity contribution in [3.8, 4) is 0 Å². The Morgan fingerprint density at radius 1 is 1.57 bits per heavy atom. The number of rotatable bonds is 5. The topological polar surface area (TPSA) is 30.7 Å². The van der Waals surface area contributed by atoms with Gasteiger partial charge in [0.15, 0.2) is 5.16 Å². The van der Waals surface area contributed by atoms with Crippen molar-refractivity contribution in [3.63, 3.8) is 0 Å². The molecular formula is C9H12ClN3S. The van der Waals surface area contributed by atoms with E-state index in [0.29, 0.717) is 0 Å². The number of aryl methyl sites for hydroxylation is 1. The summed E-state index contributed by atoms with van der Waals surface area (Å²) in [6.07, 6.45) is 3.70. The molecule has 0 aliphatic carbocycles. The summed E-state index contributed by atoms with van der Waals surface area (Å²) in [7, 11) is 0. The maximum atomic E-state index is 5.42. The lowest BCUT2D eigenvalue weighted by atomic mass is 10.6. The van der Waals surface area contributed by atoms with E-state index in [1.807, 2.05) is 23.6 Å². The van der Waals surface area contributed by atoms with Gasteiger partial charge in [0.1, 0.15) is 5.82 Å². The maximum absolute atomic E-state index is 5.42. The molecule has 0 aromatic carbocycles. The highest BCUT2D eigenvalue weighted by molar-refractivity contribution is 7.99. The van der Waals surface area contributed by atoms with E-state index in [0.717, 1.165) is 23.3 Å². The van der Waals surface area contributed by atoms with Crippen molar-refractivity contribution >= 4 is 23.4 Å². The molecule has 1 aromatic rings. The first kappa shape index (κ1) is 11.3. The van der Waals surface area contributed by atoms with Crippen LogP contribution in [0.4, 0.5) is 0 Å². The summed E-state index contributed by atoms with van der Waals surface area (Å²) in [5.41, 5.74) is 1.51. The number of halogens is 1. The molecule has 0 radical (unpaired) electrons. The SMILES string of the molecule is C=CCn1c(C)nnc1SCC=CCl. The van der Waals surface area contributed by atoms with Gasteiger partial charge in [-0.2, -0.15) is 0 Å². The average molecular weight is 230 g/mol. The Kier molecular flexibility index (Phi) is 4.76. The third kappa shape index (κ3) is 2.89. The lowest BCUT2D eigenvalue weighted by Crippen LogP contribution is -1.99. The lowest BCUT2D eigenvalue weighted by molar-refractivity contribution is 0.704. The highest BCUT2D eigenvalue weighted by atomic mass is 35.5. The van der Waals surface area contributed by atoms with Crippen LogP contribution in [0, 0.1) is 6.92 Å². The van der Waals surface area contributed by atoms with Crippen molar-refractivity contribution in [2.24, 2.45) is 0 Å². The van der Waals surface area contributed by atoms with E-state index in [1.54, 1.807) is 11.8 Å². The molecule has 14 heavy (non-hydrogen) atoms. The average Bonchev–Trinajstić information content (AvgIpc) is 2.51. The highest BCUT2D eigenvalue weighted by Gasteiger charge is 2.06. The molecule has 0 aliphatic heterocycles. The summed E-state index contributed by atoms with van der Waals surface area (Å²) in [6.45, 7) is 6.36. The van der Waals surface area contributed by atoms with Gasteiger partial charge in [-0.15, -0.1) is 16.8 Å². The number of allylic oxidation sites excluding steroid dienone is 1. The Labute approximate surface area is 92.9 Å². The fourth-order valence-corrected chi connectivity index (χ4v) is 1.96. The Bertz CT molecular complexity index is 333. The Balaban J connectivity index is 2.70. The van der Waals surface area contributed by atoms with E-state index in [1.165, 1.54) is 5.54 Å². The van der Waals surface area contributed by atoms with E-state index in [2.05, 4.69) is 16.8 Å². The van der Waals surface area contributed by atoms with Crippen molar-refractivity contribution in [1.29, 1.82) is 0 Å². The van der Waals surface area contributed by atoms with Crippen LogP contribution in [0.25, 0.3) is 0 Å². The molecule has 0 saturated carbocycles. The molecule has 0 amide bonds. The molecule has 5 heteroatoms. The molecule has 1 rings (SSSR count). The second kappa shape index (κ2) is 5.88. The minimum atomic E-state index is 0.742. The molecule has 0 N–H and O–H groups in total. The van der Waals surface area contributed by atoms with Crippen LogP contribution in [-0.2, 0) is 6.54 Å². The van der Waals surface area contributed by atoms with Crippen LogP contribution in [0.3, 0.4) is 0 Å². The van der Waals surface area contributed by atoms with E-state index < -0.39 is 0 Å². The van der Waals surface area contributed by atoms with Gasteiger partial charge in [-0.3, -0.25) is 0 Å². The molecule has 0 unspecified atom stereocenters. The lowest BCUT2D eigenvalue weighted by Gasteiger charge is -2.02. The van der Waals surface area contributed by atoms with E-state index in [9.17, 15) is 0 Å². The predicted molar refractivity (Wildman–Crippen MR) is 60.7 cm³/mol. The van der Waals surface area contributed by atoms with Gasteiger partial charge in [-0.05, 0) is 6.92 Å². The number of nitrogens with zero attached hydrogens (tertiary/aromatic N) is 3. The molecular weight excluding hydrogens is 218 g/mol. The third-order valence-electron chi connectivity index (χ3n) is 1.61. The molecule has 3 nitrogen and oxygen atoms in total. The standard InChI is InChI=1S/C9H12ClN3S/c1-3-6-13-8(2)11-12-9(13)14-7-4-5-10/h3-5H,1,6-7H2,2H3. The van der Waals surface area contributed by atoms with E-state index in [4.69, 9.17) is 11.6 Å². The van der Waals surface area contributed by atoms with Gasteiger partial charge in [0.25, 0.3) is 0 Å². The number of aromatic nitrogens is 3. The van der Waals surface area contributed by atoms with Crippen molar-refractivity contribution in [1.82, 2.24) is 14.8 Å². The minimum Gasteiger partial charge on any atom is -0.302 e. The van der Waals surface area contributed by atoms with Crippen molar-refractivity contribution in [2.45, 2.75) is 18.6 Å². The highest BCUT2D eigenvalue weighted by Crippen LogP contribution is 2.16. The monoisotopic (exact) mass is 229 g/mol. The van der Waals surface area contributed by atoms with Crippen LogP contribution in [0.15, 0.2) is 29.4 Å². The number of hydrogen-bond acceptors (Lipinski definition) is 3. The minimum absolute atomic E-state index is 0.742. The van der Waals surface area contributed by atoms with Crippen molar-refractivity contribution in [3.05, 3.63) is 30.1 Å². The van der Waals surface area contributed by atoms with E-state index >= 15 is 0 Å². The number of hydrogen-bond donors (Lipinski definition) is 0. The summed E-state index contributed by atoms with van der Waals surface area (Å²) in [6, 6.07) is 0. The molecule has 0 fully saturated rings. The second-order valence-corrected chi connectivity index (χ2v) is 3.84. The zero-order chi connectivity index (χ0) is 10.4. The van der Waals surface area contributed by atoms with Gasteiger partial charge in [0, 0.05) is 17.8 Å². The van der Waals surface area contributed by atoms with Gasteiger partial charge in [-0.1, -0.05) is 35.5 Å². The Hall–Kier alpha value is -0.740. The summed E-state index contributed by atoms with van der Waals surface area (Å²) in [5.74, 6) is 1.71. The first-order chi connectivity index (χ1) is 6.79. The van der Waals surface area contributed by atoms with Crippen molar-refractivity contribution < 1.29 is 0 Å². The van der Waals surface area contributed by atoms with Crippen molar-refractivity contribution in [2.75, 3.05) is 5.75 Å². The molecule has 1 heterocycles. The van der Waals surface area contributed by atoms with Gasteiger partial charge in [0.05, 0.1) is 0 Å². The van der Waals surface area contributed by atoms with Crippen LogP contribution in [-0.4, -0.2) is 20.5 Å². The molecule has 1 aromatic heterocycles. The van der Waals surface area contributed by atoms with Gasteiger partial charge < -0.3 is 4.57 Å². The van der Waals surface area contributed by atoms with Gasteiger partial charge in [0.2, 0.25) is 0 Å².